The van der Waals surface area contributed by atoms with Gasteiger partial charge in [-0.2, -0.15) is 5.26 Å². The molecule has 6 heteroatoms. The van der Waals surface area contributed by atoms with Crippen molar-refractivity contribution >= 4 is 5.78 Å². The Balaban J connectivity index is 0.000000701. The van der Waals surface area contributed by atoms with Gasteiger partial charge in [0.1, 0.15) is 17.4 Å². The molecule has 6 nitrogen and oxygen atoms in total. The lowest BCUT2D eigenvalue weighted by Gasteiger charge is -2.37. The molecule has 1 aliphatic heterocycles. The fourth-order valence-electron chi connectivity index (χ4n) is 3.35. The molecule has 3 N–H and O–H groups in total. The number of hydrogen-bond donors (Lipinski definition) is 2. The van der Waals surface area contributed by atoms with Crippen LogP contribution in [0, 0.1) is 16.7 Å². The van der Waals surface area contributed by atoms with Crippen molar-refractivity contribution in [1.82, 2.24) is 4.57 Å². The molecular weight excluding hydrogens is 318 g/mol. The van der Waals surface area contributed by atoms with Crippen molar-refractivity contribution in [3.8, 4) is 6.07 Å². The van der Waals surface area contributed by atoms with E-state index >= 15 is 0 Å². The van der Waals surface area contributed by atoms with Crippen molar-refractivity contribution < 1.29 is 14.6 Å². The number of aliphatic hydroxyl groups excluding tert-OH is 1. The van der Waals surface area contributed by atoms with Gasteiger partial charge in [-0.25, -0.2) is 0 Å². The number of hydrogen-bond acceptors (Lipinski definition) is 5. The predicted octanol–water partition coefficient (Wildman–Crippen LogP) is 2.47. The van der Waals surface area contributed by atoms with E-state index in [2.05, 4.69) is 6.07 Å². The van der Waals surface area contributed by atoms with E-state index in [4.69, 9.17) is 15.6 Å². The minimum Gasteiger partial charge on any atom is -0.444 e. The van der Waals surface area contributed by atoms with Crippen molar-refractivity contribution in [3.05, 3.63) is 46.8 Å². The minimum atomic E-state index is -0.433. The van der Waals surface area contributed by atoms with Crippen LogP contribution in [0.3, 0.4) is 0 Å². The first-order valence-electron chi connectivity index (χ1n) is 8.31. The summed E-state index contributed by atoms with van der Waals surface area (Å²) in [4.78, 5) is 12.7. The van der Waals surface area contributed by atoms with E-state index in [-0.39, 0.29) is 23.7 Å². The lowest BCUT2D eigenvalue weighted by atomic mass is 9.71. The first-order chi connectivity index (χ1) is 11.8. The molecule has 134 valence electrons. The molecule has 1 atom stereocenters. The normalized spacial score (nSPS) is 21.8. The zero-order valence-corrected chi connectivity index (χ0v) is 15.2. The van der Waals surface area contributed by atoms with Gasteiger partial charge >= 0.3 is 0 Å². The van der Waals surface area contributed by atoms with Gasteiger partial charge in [0.2, 0.25) is 5.88 Å². The fourth-order valence-corrected chi connectivity index (χ4v) is 3.35. The second kappa shape index (κ2) is 7.16. The molecule has 1 aromatic heterocycles. The number of carbonyl (C=O) groups excluding carboxylic acids is 1. The third-order valence-corrected chi connectivity index (χ3v) is 4.36. The Bertz CT molecular complexity index is 778. The average molecular weight is 343 g/mol. The van der Waals surface area contributed by atoms with Crippen LogP contribution in [0.25, 0.3) is 0 Å². The third kappa shape index (κ3) is 3.62. The molecule has 25 heavy (non-hydrogen) atoms. The van der Waals surface area contributed by atoms with Gasteiger partial charge in [0.25, 0.3) is 0 Å². The molecule has 2 aliphatic rings. The zero-order valence-electron chi connectivity index (χ0n) is 15.2. The number of aliphatic hydroxyl groups is 1. The van der Waals surface area contributed by atoms with Gasteiger partial charge in [-0.3, -0.25) is 4.79 Å². The number of ether oxygens (including phenoxy) is 1. The van der Waals surface area contributed by atoms with E-state index < -0.39 is 5.92 Å². The van der Waals surface area contributed by atoms with Crippen LogP contribution in [0.4, 0.5) is 0 Å². The average Bonchev–Trinajstić information content (AvgIpc) is 2.91. The summed E-state index contributed by atoms with van der Waals surface area (Å²) in [6, 6.07) is 5.93. The maximum Gasteiger partial charge on any atom is 0.205 e. The minimum absolute atomic E-state index is 0.0395. The zero-order chi connectivity index (χ0) is 18.8. The molecule has 1 aliphatic carbocycles. The predicted molar refractivity (Wildman–Crippen MR) is 93.9 cm³/mol. The maximum absolute atomic E-state index is 12.7. The second-order valence-electron chi connectivity index (χ2n) is 7.06. The first kappa shape index (κ1) is 18.8. The Kier molecular flexibility index (Phi) is 5.39. The number of aromatic nitrogens is 1. The number of nitriles is 1. The Morgan fingerprint density at radius 1 is 1.48 bits per heavy atom. The van der Waals surface area contributed by atoms with E-state index in [0.717, 1.165) is 5.69 Å². The number of rotatable bonds is 1. The van der Waals surface area contributed by atoms with Gasteiger partial charge in [-0.1, -0.05) is 13.8 Å². The van der Waals surface area contributed by atoms with Crippen LogP contribution >= 0.6 is 0 Å². The van der Waals surface area contributed by atoms with Crippen LogP contribution in [0.2, 0.25) is 0 Å². The Labute approximate surface area is 148 Å². The van der Waals surface area contributed by atoms with Gasteiger partial charge < -0.3 is 20.1 Å². The largest absolute Gasteiger partial charge is 0.444 e. The number of nitrogens with zero attached hydrogens (tertiary/aromatic N) is 2. The van der Waals surface area contributed by atoms with Crippen molar-refractivity contribution in [3.63, 3.8) is 0 Å². The van der Waals surface area contributed by atoms with Crippen molar-refractivity contribution in [1.29, 1.82) is 5.26 Å². The van der Waals surface area contributed by atoms with Gasteiger partial charge in [-0.05, 0) is 24.5 Å². The molecule has 3 rings (SSSR count). The van der Waals surface area contributed by atoms with Crippen LogP contribution < -0.4 is 5.73 Å². The second-order valence-corrected chi connectivity index (χ2v) is 7.06. The summed E-state index contributed by atoms with van der Waals surface area (Å²) in [5, 5.41) is 17.1. The molecule has 0 fully saturated rings. The number of nitrogens with two attached hydrogens (primary N) is 1. The van der Waals surface area contributed by atoms with Gasteiger partial charge in [-0.15, -0.1) is 0 Å². The molecule has 1 unspecified atom stereocenters. The van der Waals surface area contributed by atoms with Crippen LogP contribution in [0.15, 0.2) is 41.1 Å². The summed E-state index contributed by atoms with van der Waals surface area (Å²) in [5.74, 6) is 0.331. The highest BCUT2D eigenvalue weighted by Gasteiger charge is 2.43. The summed E-state index contributed by atoms with van der Waals surface area (Å²) in [6.07, 6.45) is 3.00. The molecule has 0 bridgehead atoms. The molecule has 0 saturated heterocycles. The topological polar surface area (TPSA) is 101 Å². The summed E-state index contributed by atoms with van der Waals surface area (Å²) < 4.78 is 7.57. The molecule has 0 amide bonds. The lowest BCUT2D eigenvalue weighted by molar-refractivity contribution is -0.119. The number of allylic oxidation sites excluding steroid dienone is 3. The number of carbonyl (C=O) groups is 1. The van der Waals surface area contributed by atoms with Gasteiger partial charge in [0.15, 0.2) is 5.78 Å². The summed E-state index contributed by atoms with van der Waals surface area (Å²) in [6.45, 7) is 6.00. The molecule has 2 heterocycles. The van der Waals surface area contributed by atoms with Crippen molar-refractivity contribution in [2.45, 2.75) is 39.5 Å². The number of Topliss-reactive ketones (excluding diaryl/α,β-unsaturated/α-hetero) is 1. The summed E-state index contributed by atoms with van der Waals surface area (Å²) in [5.41, 5.74) is 7.58. The number of ketones is 1. The van der Waals surface area contributed by atoms with E-state index in [1.54, 1.807) is 6.92 Å². The quantitative estimate of drug-likeness (QED) is 0.816. The van der Waals surface area contributed by atoms with E-state index in [9.17, 15) is 10.1 Å². The maximum atomic E-state index is 12.7. The molecule has 1 aromatic rings. The monoisotopic (exact) mass is 343 g/mol. The van der Waals surface area contributed by atoms with Crippen LogP contribution in [-0.4, -0.2) is 22.1 Å². The van der Waals surface area contributed by atoms with Gasteiger partial charge in [0.05, 0.1) is 5.92 Å². The lowest BCUT2D eigenvalue weighted by Crippen LogP contribution is -2.34. The van der Waals surface area contributed by atoms with Gasteiger partial charge in [0, 0.05) is 44.0 Å². The molecule has 0 spiro atoms. The smallest absolute Gasteiger partial charge is 0.205 e. The highest BCUT2D eigenvalue weighted by Crippen LogP contribution is 2.47. The molecule has 0 aromatic carbocycles. The van der Waals surface area contributed by atoms with Crippen molar-refractivity contribution in [2.75, 3.05) is 6.61 Å². The molecule has 0 saturated carbocycles. The SMILES string of the molecule is CCO.Cn1cccc1C1C(C#N)=C(N)OC2=C1C(=O)CC(C)(C)C2. The molecular formula is C19H25N3O3. The summed E-state index contributed by atoms with van der Waals surface area (Å²) >= 11 is 0. The Hall–Kier alpha value is -2.52. The Morgan fingerprint density at radius 3 is 2.64 bits per heavy atom. The highest BCUT2D eigenvalue weighted by molar-refractivity contribution is 5.99. The van der Waals surface area contributed by atoms with E-state index in [1.165, 1.54) is 0 Å². The van der Waals surface area contributed by atoms with Crippen molar-refractivity contribution in [2.24, 2.45) is 18.2 Å². The first-order valence-corrected chi connectivity index (χ1v) is 8.31. The number of aryl methyl sites for hydroxylation is 1. The van der Waals surface area contributed by atoms with E-state index in [0.29, 0.717) is 29.7 Å². The van der Waals surface area contributed by atoms with Crippen LogP contribution in [-0.2, 0) is 16.6 Å². The standard InChI is InChI=1S/C17H19N3O2.C2H6O/c1-17(2)7-12(21)15-13(8-17)22-16(19)10(9-18)14(15)11-5-4-6-20(11)3;1-2-3/h4-6,14H,7-8,19H2,1-3H3;3H,2H2,1H3. The molecule has 0 radical (unpaired) electrons. The summed E-state index contributed by atoms with van der Waals surface area (Å²) in [7, 11) is 1.90. The van der Waals surface area contributed by atoms with Crippen LogP contribution in [0.5, 0.6) is 0 Å². The van der Waals surface area contributed by atoms with E-state index in [1.807, 2.05) is 43.8 Å². The third-order valence-electron chi connectivity index (χ3n) is 4.36. The van der Waals surface area contributed by atoms with Crippen LogP contribution in [0.1, 0.15) is 45.2 Å². The highest BCUT2D eigenvalue weighted by atomic mass is 16.5. The fraction of sp³-hybridized carbons (Fsp3) is 0.474. The Morgan fingerprint density at radius 2 is 2.12 bits per heavy atom.